The van der Waals surface area contributed by atoms with Crippen molar-refractivity contribution in [2.24, 2.45) is 5.73 Å². The van der Waals surface area contributed by atoms with E-state index in [1.165, 1.54) is 11.8 Å². The first-order valence-electron chi connectivity index (χ1n) is 8.14. The van der Waals surface area contributed by atoms with E-state index < -0.39 is 11.9 Å². The van der Waals surface area contributed by atoms with Gasteiger partial charge in [0.2, 0.25) is 5.91 Å². The number of esters is 1. The number of aromatic nitrogens is 2. The predicted molar refractivity (Wildman–Crippen MR) is 89.7 cm³/mol. The van der Waals surface area contributed by atoms with Crippen molar-refractivity contribution in [2.45, 2.75) is 32.4 Å². The molecule has 1 aliphatic rings. The van der Waals surface area contributed by atoms with E-state index >= 15 is 0 Å². The Hall–Kier alpha value is -2.90. The number of benzene rings is 1. The quantitative estimate of drug-likeness (QED) is 0.782. The minimum absolute atomic E-state index is 0.0911. The predicted octanol–water partition coefficient (Wildman–Crippen LogP) is 0.860. The number of hydrogen-bond donors (Lipinski definition) is 1. The number of nitrogens with two attached hydrogens (primary N) is 1. The van der Waals surface area contributed by atoms with E-state index in [4.69, 9.17) is 10.5 Å². The Morgan fingerprint density at radius 2 is 2.08 bits per heavy atom. The van der Waals surface area contributed by atoms with Gasteiger partial charge < -0.3 is 15.4 Å². The maximum absolute atomic E-state index is 11.9. The molecule has 0 saturated heterocycles. The van der Waals surface area contributed by atoms with E-state index in [0.717, 1.165) is 5.52 Å². The number of rotatable bonds is 6. The van der Waals surface area contributed by atoms with Crippen LogP contribution in [0.25, 0.3) is 10.9 Å². The number of fused-ring (bicyclic) bond motifs is 1. The first-order valence-corrected chi connectivity index (χ1v) is 8.14. The van der Waals surface area contributed by atoms with Crippen LogP contribution in [0.2, 0.25) is 0 Å². The van der Waals surface area contributed by atoms with Crippen LogP contribution in [0.5, 0.6) is 0 Å². The molecular formula is C17H20N4O4. The second kappa shape index (κ2) is 6.54. The van der Waals surface area contributed by atoms with Crippen molar-refractivity contribution in [3.8, 4) is 0 Å². The molecule has 3 rings (SSSR count). The van der Waals surface area contributed by atoms with Crippen LogP contribution in [0, 0.1) is 0 Å². The fraction of sp³-hybridized carbons (Fsp3) is 0.412. The van der Waals surface area contributed by atoms with Gasteiger partial charge in [-0.05, 0) is 19.4 Å². The number of carbonyl (C=O) groups is 3. The highest BCUT2D eigenvalue weighted by molar-refractivity contribution is 6.04. The molecule has 2 aromatic rings. The largest absolute Gasteiger partial charge is 0.465 e. The number of para-hydroxylation sites is 1. The van der Waals surface area contributed by atoms with Gasteiger partial charge in [-0.3, -0.25) is 19.1 Å². The van der Waals surface area contributed by atoms with Crippen LogP contribution < -0.4 is 5.73 Å². The van der Waals surface area contributed by atoms with Crippen LogP contribution >= 0.6 is 0 Å². The minimum Gasteiger partial charge on any atom is -0.465 e. The summed E-state index contributed by atoms with van der Waals surface area (Å²) >= 11 is 0. The third kappa shape index (κ3) is 3.19. The fourth-order valence-electron chi connectivity index (χ4n) is 3.10. The van der Waals surface area contributed by atoms with Gasteiger partial charge in [0.15, 0.2) is 5.69 Å². The molecule has 0 spiro atoms. The Balaban J connectivity index is 1.87. The van der Waals surface area contributed by atoms with Gasteiger partial charge in [-0.25, -0.2) is 0 Å². The number of amides is 2. The van der Waals surface area contributed by atoms with Crippen LogP contribution in [0.1, 0.15) is 36.8 Å². The van der Waals surface area contributed by atoms with Gasteiger partial charge in [0.05, 0.1) is 24.2 Å². The van der Waals surface area contributed by atoms with Crippen LogP contribution in [0.4, 0.5) is 0 Å². The van der Waals surface area contributed by atoms with Gasteiger partial charge in [0.1, 0.15) is 6.54 Å². The molecule has 1 aliphatic carbocycles. The van der Waals surface area contributed by atoms with E-state index in [9.17, 15) is 14.4 Å². The van der Waals surface area contributed by atoms with Gasteiger partial charge in [-0.15, -0.1) is 0 Å². The number of hydrogen-bond acceptors (Lipinski definition) is 5. The van der Waals surface area contributed by atoms with Crippen molar-refractivity contribution >= 4 is 28.7 Å². The van der Waals surface area contributed by atoms with Crippen molar-refractivity contribution in [2.75, 3.05) is 13.2 Å². The van der Waals surface area contributed by atoms with E-state index in [1.54, 1.807) is 17.7 Å². The average Bonchev–Trinajstić information content (AvgIpc) is 3.24. The molecule has 8 heteroatoms. The van der Waals surface area contributed by atoms with Crippen LogP contribution in [0.3, 0.4) is 0 Å². The molecule has 2 atom stereocenters. The number of ether oxygens (including phenoxy) is 1. The summed E-state index contributed by atoms with van der Waals surface area (Å²) < 4.78 is 6.65. The smallest absolute Gasteiger partial charge is 0.325 e. The maximum Gasteiger partial charge on any atom is 0.325 e. The third-order valence-electron chi connectivity index (χ3n) is 4.29. The molecule has 1 aromatic heterocycles. The van der Waals surface area contributed by atoms with Crippen molar-refractivity contribution in [3.05, 3.63) is 30.0 Å². The summed E-state index contributed by atoms with van der Waals surface area (Å²) in [6.07, 6.45) is 0.656. The standard InChI is InChI=1S/C17H20N4O4/c1-3-25-15(23)9-20(10(2)22)13-8-14(13)21-12-7-5-4-6-11(12)16(19-21)17(18)24/h4-7,13-14H,3,8-9H2,1-2H3,(H2,18,24). The van der Waals surface area contributed by atoms with E-state index in [0.29, 0.717) is 11.8 Å². The van der Waals surface area contributed by atoms with E-state index in [-0.39, 0.29) is 36.8 Å². The molecule has 1 fully saturated rings. The highest BCUT2D eigenvalue weighted by atomic mass is 16.5. The number of nitrogens with zero attached hydrogens (tertiary/aromatic N) is 3. The van der Waals surface area contributed by atoms with Gasteiger partial charge in [-0.1, -0.05) is 18.2 Å². The Labute approximate surface area is 144 Å². The lowest BCUT2D eigenvalue weighted by Crippen LogP contribution is -2.37. The molecule has 1 heterocycles. The van der Waals surface area contributed by atoms with E-state index in [2.05, 4.69) is 5.10 Å². The third-order valence-corrected chi connectivity index (χ3v) is 4.29. The normalized spacial score (nSPS) is 18.8. The Kier molecular flexibility index (Phi) is 4.43. The minimum atomic E-state index is -0.595. The first-order chi connectivity index (χ1) is 11.9. The Bertz CT molecular complexity index is 844. The lowest BCUT2D eigenvalue weighted by molar-refractivity contribution is -0.148. The molecule has 2 amide bonds. The number of carbonyl (C=O) groups excluding carboxylic acids is 3. The summed E-state index contributed by atoms with van der Waals surface area (Å²) in [4.78, 5) is 36.8. The fourth-order valence-corrected chi connectivity index (χ4v) is 3.10. The van der Waals surface area contributed by atoms with Crippen molar-refractivity contribution in [1.82, 2.24) is 14.7 Å². The molecule has 25 heavy (non-hydrogen) atoms. The summed E-state index contributed by atoms with van der Waals surface area (Å²) in [6.45, 7) is 3.32. The molecule has 2 unspecified atom stereocenters. The monoisotopic (exact) mass is 344 g/mol. The molecule has 0 radical (unpaired) electrons. The van der Waals surface area contributed by atoms with Gasteiger partial charge in [0, 0.05) is 12.3 Å². The van der Waals surface area contributed by atoms with Crippen molar-refractivity contribution in [3.63, 3.8) is 0 Å². The second-order valence-electron chi connectivity index (χ2n) is 6.00. The lowest BCUT2D eigenvalue weighted by atomic mass is 10.2. The highest BCUT2D eigenvalue weighted by Crippen LogP contribution is 2.42. The molecule has 0 aliphatic heterocycles. The lowest BCUT2D eigenvalue weighted by Gasteiger charge is -2.20. The molecule has 1 saturated carbocycles. The van der Waals surface area contributed by atoms with Gasteiger partial charge in [-0.2, -0.15) is 5.10 Å². The molecule has 8 nitrogen and oxygen atoms in total. The summed E-state index contributed by atoms with van der Waals surface area (Å²) in [5.41, 5.74) is 6.41. The summed E-state index contributed by atoms with van der Waals surface area (Å²) in [7, 11) is 0. The van der Waals surface area contributed by atoms with Gasteiger partial charge in [0.25, 0.3) is 5.91 Å². The maximum atomic E-state index is 11.9. The van der Waals surface area contributed by atoms with Gasteiger partial charge >= 0.3 is 5.97 Å². The molecule has 0 bridgehead atoms. The first kappa shape index (κ1) is 16.9. The molecule has 1 aromatic carbocycles. The van der Waals surface area contributed by atoms with Crippen LogP contribution in [-0.4, -0.2) is 51.7 Å². The zero-order valence-corrected chi connectivity index (χ0v) is 14.1. The summed E-state index contributed by atoms with van der Waals surface area (Å²) in [5.74, 6) is -1.24. The molecule has 132 valence electrons. The molecule has 2 N–H and O–H groups in total. The zero-order valence-electron chi connectivity index (χ0n) is 14.1. The summed E-state index contributed by atoms with van der Waals surface area (Å²) in [6, 6.07) is 7.05. The van der Waals surface area contributed by atoms with Crippen molar-refractivity contribution in [1.29, 1.82) is 0 Å². The Morgan fingerprint density at radius 1 is 1.36 bits per heavy atom. The SMILES string of the molecule is CCOC(=O)CN(C(C)=O)C1CC1n1nc(C(N)=O)c2ccccc21. The zero-order chi connectivity index (χ0) is 18.1. The topological polar surface area (TPSA) is 108 Å². The second-order valence-corrected chi connectivity index (χ2v) is 6.00. The number of primary amides is 1. The Morgan fingerprint density at radius 3 is 2.72 bits per heavy atom. The van der Waals surface area contributed by atoms with Crippen LogP contribution in [-0.2, 0) is 14.3 Å². The van der Waals surface area contributed by atoms with E-state index in [1.807, 2.05) is 18.2 Å². The van der Waals surface area contributed by atoms with Crippen LogP contribution in [0.15, 0.2) is 24.3 Å². The van der Waals surface area contributed by atoms with Crippen molar-refractivity contribution < 1.29 is 19.1 Å². The summed E-state index contributed by atoms with van der Waals surface area (Å²) in [5, 5.41) is 5.03. The highest BCUT2D eigenvalue weighted by Gasteiger charge is 2.46. The average molecular weight is 344 g/mol. The molecular weight excluding hydrogens is 324 g/mol.